The van der Waals surface area contributed by atoms with Gasteiger partial charge in [0.1, 0.15) is 5.69 Å². The molecular weight excluding hydrogens is 400 g/mol. The van der Waals surface area contributed by atoms with Crippen LogP contribution in [0.3, 0.4) is 0 Å². The molecule has 0 saturated carbocycles. The number of piperazine rings is 1. The summed E-state index contributed by atoms with van der Waals surface area (Å²) in [6.07, 6.45) is 0. The lowest BCUT2D eigenvalue weighted by molar-refractivity contribution is -0.114. The van der Waals surface area contributed by atoms with Crippen molar-refractivity contribution in [3.8, 4) is 0 Å². The second-order valence-corrected chi connectivity index (χ2v) is 8.18. The molecule has 1 aromatic heterocycles. The third kappa shape index (κ3) is 4.04. The summed E-state index contributed by atoms with van der Waals surface area (Å²) in [4.78, 5) is 40.6. The van der Waals surface area contributed by atoms with E-state index in [1.54, 1.807) is 34.1 Å². The number of fused-ring (bicyclic) bond motifs is 1. The lowest BCUT2D eigenvalue weighted by atomic mass is 10.1. The van der Waals surface area contributed by atoms with Crippen molar-refractivity contribution in [2.75, 3.05) is 31.5 Å². The van der Waals surface area contributed by atoms with Crippen LogP contribution in [0.1, 0.15) is 33.3 Å². The van der Waals surface area contributed by atoms with Gasteiger partial charge >= 0.3 is 0 Å². The zero-order valence-corrected chi connectivity index (χ0v) is 17.7. The standard InChI is InChI=1S/C22H22N4O3S/c1-14-6-7-19-18(12-14)20(24-30-19)22(29)26-10-8-25(9-11-26)21(28)16-4-3-5-17(13-16)23-15(2)27/h3-7,12-13H,8-11H2,1-2H3,(H,23,27). The van der Waals surface area contributed by atoms with Crippen LogP contribution in [0, 0.1) is 6.92 Å². The molecule has 1 saturated heterocycles. The van der Waals surface area contributed by atoms with Gasteiger partial charge in [-0.15, -0.1) is 0 Å². The van der Waals surface area contributed by atoms with Gasteiger partial charge in [-0.1, -0.05) is 17.7 Å². The van der Waals surface area contributed by atoms with Crippen LogP contribution in [0.4, 0.5) is 5.69 Å². The van der Waals surface area contributed by atoms with Gasteiger partial charge in [-0.25, -0.2) is 0 Å². The number of amides is 3. The summed E-state index contributed by atoms with van der Waals surface area (Å²) in [6.45, 7) is 5.25. The molecule has 1 aliphatic rings. The number of carbonyl (C=O) groups excluding carboxylic acids is 3. The van der Waals surface area contributed by atoms with Crippen LogP contribution in [0.5, 0.6) is 0 Å². The van der Waals surface area contributed by atoms with Crippen molar-refractivity contribution in [3.63, 3.8) is 0 Å². The average Bonchev–Trinajstić information content (AvgIpc) is 3.15. The molecule has 0 spiro atoms. The predicted molar refractivity (Wildman–Crippen MR) is 117 cm³/mol. The highest BCUT2D eigenvalue weighted by Crippen LogP contribution is 2.25. The summed E-state index contributed by atoms with van der Waals surface area (Å²) < 4.78 is 5.38. The van der Waals surface area contributed by atoms with Crippen LogP contribution >= 0.6 is 11.5 Å². The van der Waals surface area contributed by atoms with Crippen molar-refractivity contribution in [2.24, 2.45) is 0 Å². The first-order chi connectivity index (χ1) is 14.4. The highest BCUT2D eigenvalue weighted by molar-refractivity contribution is 7.13. The van der Waals surface area contributed by atoms with Gasteiger partial charge in [0.2, 0.25) is 5.91 Å². The third-order valence-electron chi connectivity index (χ3n) is 5.11. The molecule has 4 rings (SSSR count). The van der Waals surface area contributed by atoms with E-state index in [4.69, 9.17) is 0 Å². The van der Waals surface area contributed by atoms with Gasteiger partial charge in [-0.3, -0.25) is 14.4 Å². The third-order valence-corrected chi connectivity index (χ3v) is 5.94. The maximum atomic E-state index is 13.0. The minimum absolute atomic E-state index is 0.0911. The van der Waals surface area contributed by atoms with Crippen molar-refractivity contribution >= 4 is 45.0 Å². The van der Waals surface area contributed by atoms with Crippen molar-refractivity contribution in [1.82, 2.24) is 14.2 Å². The molecule has 0 aliphatic carbocycles. The zero-order chi connectivity index (χ0) is 21.3. The largest absolute Gasteiger partial charge is 0.335 e. The number of benzene rings is 2. The Morgan fingerprint density at radius 1 is 0.967 bits per heavy atom. The van der Waals surface area contributed by atoms with Crippen LogP contribution in [-0.4, -0.2) is 58.1 Å². The molecule has 0 atom stereocenters. The molecule has 3 amide bonds. The molecule has 1 fully saturated rings. The van der Waals surface area contributed by atoms with Crippen molar-refractivity contribution in [1.29, 1.82) is 0 Å². The van der Waals surface area contributed by atoms with E-state index >= 15 is 0 Å². The van der Waals surface area contributed by atoms with E-state index in [-0.39, 0.29) is 17.7 Å². The molecular formula is C22H22N4O3S. The van der Waals surface area contributed by atoms with Gasteiger partial charge < -0.3 is 15.1 Å². The van der Waals surface area contributed by atoms with E-state index in [1.807, 2.05) is 25.1 Å². The topological polar surface area (TPSA) is 82.6 Å². The molecule has 2 heterocycles. The molecule has 0 bridgehead atoms. The van der Waals surface area contributed by atoms with E-state index in [2.05, 4.69) is 9.69 Å². The first kappa shape index (κ1) is 20.0. The molecule has 1 N–H and O–H groups in total. The number of aryl methyl sites for hydroxylation is 1. The molecule has 0 unspecified atom stereocenters. The highest BCUT2D eigenvalue weighted by atomic mass is 32.1. The number of carbonyl (C=O) groups is 3. The Labute approximate surface area is 178 Å². The van der Waals surface area contributed by atoms with Crippen LogP contribution < -0.4 is 5.32 Å². The number of hydrogen-bond donors (Lipinski definition) is 1. The summed E-state index contributed by atoms with van der Waals surface area (Å²) in [5.41, 5.74) is 2.69. The lowest BCUT2D eigenvalue weighted by Crippen LogP contribution is -2.50. The quantitative estimate of drug-likeness (QED) is 0.703. The van der Waals surface area contributed by atoms with Gasteiger partial charge in [0.25, 0.3) is 11.8 Å². The molecule has 1 aliphatic heterocycles. The van der Waals surface area contributed by atoms with E-state index in [9.17, 15) is 14.4 Å². The Morgan fingerprint density at radius 2 is 1.67 bits per heavy atom. The first-order valence-electron chi connectivity index (χ1n) is 9.74. The lowest BCUT2D eigenvalue weighted by Gasteiger charge is -2.34. The summed E-state index contributed by atoms with van der Waals surface area (Å²) in [6, 6.07) is 12.9. The summed E-state index contributed by atoms with van der Waals surface area (Å²) >= 11 is 1.33. The minimum Gasteiger partial charge on any atom is -0.335 e. The predicted octanol–water partition coefficient (Wildman–Crippen LogP) is 3.16. The van der Waals surface area contributed by atoms with Crippen molar-refractivity contribution < 1.29 is 14.4 Å². The Kier molecular flexibility index (Phi) is 5.50. The molecule has 0 radical (unpaired) electrons. The molecule has 154 valence electrons. The Hall–Kier alpha value is -3.26. The number of aromatic nitrogens is 1. The average molecular weight is 423 g/mol. The minimum atomic E-state index is -0.184. The smallest absolute Gasteiger partial charge is 0.274 e. The van der Waals surface area contributed by atoms with E-state index in [0.717, 1.165) is 15.6 Å². The number of anilines is 1. The zero-order valence-electron chi connectivity index (χ0n) is 16.8. The fraction of sp³-hybridized carbons (Fsp3) is 0.273. The number of nitrogens with one attached hydrogen (secondary N) is 1. The normalized spacial score (nSPS) is 14.1. The van der Waals surface area contributed by atoms with E-state index < -0.39 is 0 Å². The number of hydrogen-bond acceptors (Lipinski definition) is 5. The molecule has 7 nitrogen and oxygen atoms in total. The van der Waals surface area contributed by atoms with Gasteiger partial charge in [-0.05, 0) is 48.8 Å². The Balaban J connectivity index is 1.43. The van der Waals surface area contributed by atoms with Crippen LogP contribution in [0.2, 0.25) is 0 Å². The SMILES string of the molecule is CC(=O)Nc1cccc(C(=O)N2CCN(C(=O)c3nsc4ccc(C)cc34)CC2)c1. The Bertz CT molecular complexity index is 1130. The molecule has 3 aromatic rings. The maximum absolute atomic E-state index is 13.0. The molecule has 8 heteroatoms. The molecule has 2 aromatic carbocycles. The number of rotatable bonds is 3. The molecule has 30 heavy (non-hydrogen) atoms. The van der Waals surface area contributed by atoms with Gasteiger partial charge in [0.05, 0.1) is 4.70 Å². The monoisotopic (exact) mass is 422 g/mol. The van der Waals surface area contributed by atoms with Gasteiger partial charge in [-0.2, -0.15) is 4.37 Å². The second kappa shape index (κ2) is 8.23. The van der Waals surface area contributed by atoms with E-state index in [0.29, 0.717) is 43.1 Å². The summed E-state index contributed by atoms with van der Waals surface area (Å²) in [7, 11) is 0. The fourth-order valence-electron chi connectivity index (χ4n) is 3.58. The second-order valence-electron chi connectivity index (χ2n) is 7.38. The van der Waals surface area contributed by atoms with Crippen LogP contribution in [0.25, 0.3) is 10.1 Å². The highest BCUT2D eigenvalue weighted by Gasteiger charge is 2.27. The van der Waals surface area contributed by atoms with Gasteiger partial charge in [0.15, 0.2) is 0 Å². The first-order valence-corrected chi connectivity index (χ1v) is 10.5. The van der Waals surface area contributed by atoms with Crippen LogP contribution in [-0.2, 0) is 4.79 Å². The summed E-state index contributed by atoms with van der Waals surface area (Å²) in [5, 5.41) is 3.58. The fourth-order valence-corrected chi connectivity index (χ4v) is 4.33. The van der Waals surface area contributed by atoms with Crippen molar-refractivity contribution in [3.05, 3.63) is 59.3 Å². The van der Waals surface area contributed by atoms with Crippen molar-refractivity contribution in [2.45, 2.75) is 13.8 Å². The van der Waals surface area contributed by atoms with Crippen LogP contribution in [0.15, 0.2) is 42.5 Å². The number of nitrogens with zero attached hydrogens (tertiary/aromatic N) is 3. The van der Waals surface area contributed by atoms with Gasteiger partial charge in [0, 0.05) is 49.7 Å². The Morgan fingerprint density at radius 3 is 2.37 bits per heavy atom. The summed E-state index contributed by atoms with van der Waals surface area (Å²) in [5.74, 6) is -0.382. The van der Waals surface area contributed by atoms with E-state index in [1.165, 1.54) is 18.5 Å². The maximum Gasteiger partial charge on any atom is 0.274 e.